The van der Waals surface area contributed by atoms with E-state index in [1.165, 1.54) is 5.57 Å². The van der Waals surface area contributed by atoms with Crippen LogP contribution in [0.5, 0.6) is 11.5 Å². The van der Waals surface area contributed by atoms with Crippen molar-refractivity contribution in [2.45, 2.75) is 33.4 Å². The molecule has 0 bridgehead atoms. The van der Waals surface area contributed by atoms with Gasteiger partial charge in [0.25, 0.3) is 0 Å². The third-order valence-corrected chi connectivity index (χ3v) is 4.90. The molecule has 6 heteroatoms. The van der Waals surface area contributed by atoms with Gasteiger partial charge in [-0.05, 0) is 44.5 Å². The summed E-state index contributed by atoms with van der Waals surface area (Å²) in [7, 11) is 1.67. The van der Waals surface area contributed by atoms with Gasteiger partial charge in [0.1, 0.15) is 6.61 Å². The second kappa shape index (κ2) is 8.38. The Kier molecular flexibility index (Phi) is 5.96. The molecule has 2 aromatic heterocycles. The zero-order chi connectivity index (χ0) is 18.5. The van der Waals surface area contributed by atoms with Crippen LogP contribution < -0.4 is 14.8 Å². The zero-order valence-corrected chi connectivity index (χ0v) is 16.5. The monoisotopic (exact) mass is 371 g/mol. The molecular formula is C20H25N3O2S. The maximum Gasteiger partial charge on any atom is 0.193 e. The van der Waals surface area contributed by atoms with Crippen LogP contribution in [0.4, 0.5) is 0 Å². The molecule has 1 N–H and O–H groups in total. The molecule has 138 valence electrons. The van der Waals surface area contributed by atoms with Gasteiger partial charge in [0.05, 0.1) is 12.8 Å². The number of thiazole rings is 1. The molecule has 1 atom stereocenters. The van der Waals surface area contributed by atoms with Crippen molar-refractivity contribution in [2.24, 2.45) is 0 Å². The number of aromatic nitrogens is 2. The molecule has 0 saturated carbocycles. The van der Waals surface area contributed by atoms with E-state index in [0.29, 0.717) is 6.61 Å². The summed E-state index contributed by atoms with van der Waals surface area (Å²) >= 11 is 1.64. The minimum Gasteiger partial charge on any atom is -0.493 e. The van der Waals surface area contributed by atoms with E-state index in [0.717, 1.165) is 34.3 Å². The Morgan fingerprint density at radius 1 is 1.35 bits per heavy atom. The van der Waals surface area contributed by atoms with Gasteiger partial charge in [-0.15, -0.1) is 11.3 Å². The Morgan fingerprint density at radius 3 is 2.92 bits per heavy atom. The lowest BCUT2D eigenvalue weighted by Gasteiger charge is -2.14. The Bertz CT molecular complexity index is 865. The summed E-state index contributed by atoms with van der Waals surface area (Å²) in [6.45, 7) is 7.52. The Labute approximate surface area is 158 Å². The fourth-order valence-electron chi connectivity index (χ4n) is 2.57. The molecule has 3 rings (SSSR count). The van der Waals surface area contributed by atoms with Crippen molar-refractivity contribution in [1.82, 2.24) is 14.7 Å². The summed E-state index contributed by atoms with van der Waals surface area (Å²) in [4.78, 5) is 5.67. The number of methoxy groups -OCH3 is 1. The number of imidazole rings is 1. The van der Waals surface area contributed by atoms with Crippen LogP contribution in [0.2, 0.25) is 0 Å². The second-order valence-corrected chi connectivity index (χ2v) is 7.31. The van der Waals surface area contributed by atoms with Crippen molar-refractivity contribution in [3.63, 3.8) is 0 Å². The highest BCUT2D eigenvalue weighted by Crippen LogP contribution is 2.28. The van der Waals surface area contributed by atoms with Crippen LogP contribution in [-0.2, 0) is 6.54 Å². The van der Waals surface area contributed by atoms with E-state index in [1.807, 2.05) is 29.8 Å². The van der Waals surface area contributed by atoms with Crippen LogP contribution in [0.1, 0.15) is 38.1 Å². The molecule has 0 radical (unpaired) electrons. The van der Waals surface area contributed by atoms with Crippen molar-refractivity contribution in [3.05, 3.63) is 58.9 Å². The lowest BCUT2D eigenvalue weighted by molar-refractivity contribution is 0.325. The van der Waals surface area contributed by atoms with Crippen molar-refractivity contribution in [3.8, 4) is 11.5 Å². The number of hydrogen-bond acceptors (Lipinski definition) is 5. The molecule has 26 heavy (non-hydrogen) atoms. The quantitative estimate of drug-likeness (QED) is 0.588. The summed E-state index contributed by atoms with van der Waals surface area (Å²) in [5.74, 6) is 1.51. The molecule has 0 aliphatic heterocycles. The van der Waals surface area contributed by atoms with Crippen LogP contribution >= 0.6 is 11.3 Å². The summed E-state index contributed by atoms with van der Waals surface area (Å²) < 4.78 is 13.3. The number of allylic oxidation sites excluding steroid dienone is 1. The Hall–Kier alpha value is -2.31. The second-order valence-electron chi connectivity index (χ2n) is 6.44. The van der Waals surface area contributed by atoms with Gasteiger partial charge in [0, 0.05) is 30.4 Å². The topological polar surface area (TPSA) is 47.8 Å². The highest BCUT2D eigenvalue weighted by atomic mass is 32.1. The molecule has 1 unspecified atom stereocenters. The van der Waals surface area contributed by atoms with Gasteiger partial charge in [-0.1, -0.05) is 11.6 Å². The standard InChI is InChI=1S/C20H25N3O2S/c1-14(2)7-9-25-18-6-5-16(11-19(18)24-4)12-21-15(3)17-13-23-8-10-26-20(23)22-17/h5-8,10-11,13,15,21H,9,12H2,1-4H3. The molecule has 0 spiro atoms. The number of benzene rings is 1. The van der Waals surface area contributed by atoms with E-state index in [-0.39, 0.29) is 6.04 Å². The molecular weight excluding hydrogens is 346 g/mol. The number of ether oxygens (including phenoxy) is 2. The van der Waals surface area contributed by atoms with E-state index in [4.69, 9.17) is 9.47 Å². The predicted octanol–water partition coefficient (Wildman–Crippen LogP) is 4.60. The zero-order valence-electron chi connectivity index (χ0n) is 15.7. The van der Waals surface area contributed by atoms with Crippen molar-refractivity contribution in [2.75, 3.05) is 13.7 Å². The van der Waals surface area contributed by atoms with Gasteiger partial charge in [0.2, 0.25) is 0 Å². The van der Waals surface area contributed by atoms with Crippen LogP contribution in [-0.4, -0.2) is 23.1 Å². The molecule has 3 aromatic rings. The molecule has 0 saturated heterocycles. The molecule has 0 aliphatic rings. The number of nitrogens with zero attached hydrogens (tertiary/aromatic N) is 2. The first-order valence-corrected chi connectivity index (χ1v) is 9.53. The molecule has 0 fully saturated rings. The van der Waals surface area contributed by atoms with Gasteiger partial charge in [-0.2, -0.15) is 0 Å². The maximum atomic E-state index is 5.78. The van der Waals surface area contributed by atoms with Crippen molar-refractivity contribution < 1.29 is 9.47 Å². The lowest BCUT2D eigenvalue weighted by atomic mass is 10.1. The lowest BCUT2D eigenvalue weighted by Crippen LogP contribution is -2.18. The number of hydrogen-bond donors (Lipinski definition) is 1. The first-order valence-electron chi connectivity index (χ1n) is 8.65. The summed E-state index contributed by atoms with van der Waals surface area (Å²) in [5, 5.41) is 5.56. The van der Waals surface area contributed by atoms with E-state index in [1.54, 1.807) is 18.4 Å². The van der Waals surface area contributed by atoms with E-state index in [2.05, 4.69) is 47.7 Å². The molecule has 0 amide bonds. The molecule has 0 aliphatic carbocycles. The molecule has 1 aromatic carbocycles. The van der Waals surface area contributed by atoms with Crippen LogP contribution in [0.25, 0.3) is 4.96 Å². The van der Waals surface area contributed by atoms with E-state index >= 15 is 0 Å². The van der Waals surface area contributed by atoms with Crippen molar-refractivity contribution >= 4 is 16.3 Å². The van der Waals surface area contributed by atoms with Gasteiger partial charge in [-0.25, -0.2) is 4.98 Å². The van der Waals surface area contributed by atoms with Crippen molar-refractivity contribution in [1.29, 1.82) is 0 Å². The first-order chi connectivity index (χ1) is 12.6. The minimum atomic E-state index is 0.168. The Morgan fingerprint density at radius 2 is 2.19 bits per heavy atom. The highest BCUT2D eigenvalue weighted by molar-refractivity contribution is 7.15. The maximum absolute atomic E-state index is 5.78. The fourth-order valence-corrected chi connectivity index (χ4v) is 3.28. The van der Waals surface area contributed by atoms with Gasteiger partial charge >= 0.3 is 0 Å². The van der Waals surface area contributed by atoms with Gasteiger partial charge in [0.15, 0.2) is 16.5 Å². The van der Waals surface area contributed by atoms with E-state index < -0.39 is 0 Å². The van der Waals surface area contributed by atoms with Gasteiger partial charge < -0.3 is 14.8 Å². The summed E-state index contributed by atoms with van der Waals surface area (Å²) in [6.07, 6.45) is 6.15. The predicted molar refractivity (Wildman–Crippen MR) is 106 cm³/mol. The van der Waals surface area contributed by atoms with Crippen LogP contribution in [0.15, 0.2) is 47.6 Å². The smallest absolute Gasteiger partial charge is 0.193 e. The Balaban J connectivity index is 1.62. The number of nitrogens with one attached hydrogen (secondary N) is 1. The van der Waals surface area contributed by atoms with Crippen LogP contribution in [0.3, 0.4) is 0 Å². The number of rotatable bonds is 8. The third kappa shape index (κ3) is 4.45. The van der Waals surface area contributed by atoms with Gasteiger partial charge in [-0.3, -0.25) is 4.40 Å². The highest BCUT2D eigenvalue weighted by Gasteiger charge is 2.11. The normalized spacial score (nSPS) is 12.2. The SMILES string of the molecule is COc1cc(CNC(C)c2cn3ccsc3n2)ccc1OCC=C(C)C. The first kappa shape index (κ1) is 18.5. The van der Waals surface area contributed by atoms with E-state index in [9.17, 15) is 0 Å². The average molecular weight is 372 g/mol. The molecule has 2 heterocycles. The molecule has 5 nitrogen and oxygen atoms in total. The fraction of sp³-hybridized carbons (Fsp3) is 0.350. The average Bonchev–Trinajstić information content (AvgIpc) is 3.22. The largest absolute Gasteiger partial charge is 0.493 e. The summed E-state index contributed by atoms with van der Waals surface area (Å²) in [5.41, 5.74) is 3.42. The minimum absolute atomic E-state index is 0.168. The summed E-state index contributed by atoms with van der Waals surface area (Å²) in [6, 6.07) is 6.21. The number of fused-ring (bicyclic) bond motifs is 1. The van der Waals surface area contributed by atoms with Crippen LogP contribution in [0, 0.1) is 0 Å². The third-order valence-electron chi connectivity index (χ3n) is 4.13.